The van der Waals surface area contributed by atoms with Crippen LogP contribution in [0.4, 0.5) is 5.69 Å². The van der Waals surface area contributed by atoms with Crippen molar-refractivity contribution in [3.05, 3.63) is 66.2 Å². The third-order valence-electron chi connectivity index (χ3n) is 2.79. The minimum Gasteiger partial charge on any atom is -0.497 e. The van der Waals surface area contributed by atoms with Gasteiger partial charge in [0.2, 0.25) is 0 Å². The average molecular weight is 268 g/mol. The lowest BCUT2D eigenvalue weighted by Crippen LogP contribution is -2.36. The fourth-order valence-corrected chi connectivity index (χ4v) is 1.70. The van der Waals surface area contributed by atoms with E-state index >= 15 is 0 Å². The third kappa shape index (κ3) is 3.46. The van der Waals surface area contributed by atoms with E-state index in [1.54, 1.807) is 37.5 Å². The Kier molecular flexibility index (Phi) is 4.52. The zero-order valence-corrected chi connectivity index (χ0v) is 11.2. The van der Waals surface area contributed by atoms with Crippen molar-refractivity contribution in [1.82, 2.24) is 0 Å². The molecule has 0 radical (unpaired) electrons. The highest BCUT2D eigenvalue weighted by Crippen LogP contribution is 2.19. The van der Waals surface area contributed by atoms with Crippen LogP contribution in [0.2, 0.25) is 0 Å². The predicted molar refractivity (Wildman–Crippen MR) is 80.1 cm³/mol. The van der Waals surface area contributed by atoms with Gasteiger partial charge >= 0.3 is 0 Å². The van der Waals surface area contributed by atoms with Crippen LogP contribution >= 0.6 is 0 Å². The van der Waals surface area contributed by atoms with Crippen molar-refractivity contribution in [3.8, 4) is 5.75 Å². The fourth-order valence-electron chi connectivity index (χ4n) is 1.70. The quantitative estimate of drug-likeness (QED) is 0.401. The molecule has 0 unspecified atom stereocenters. The van der Waals surface area contributed by atoms with Crippen LogP contribution < -0.4 is 15.6 Å². The summed E-state index contributed by atoms with van der Waals surface area (Å²) in [4.78, 5) is 12.0. The lowest BCUT2D eigenvalue weighted by atomic mass is 10.2. The van der Waals surface area contributed by atoms with Gasteiger partial charge in [-0.25, -0.2) is 10.9 Å². The number of nitrogens with two attached hydrogens (primary N) is 1. The van der Waals surface area contributed by atoms with Crippen molar-refractivity contribution in [1.29, 1.82) is 0 Å². The van der Waals surface area contributed by atoms with Gasteiger partial charge in [-0.15, -0.1) is 0 Å². The van der Waals surface area contributed by atoms with E-state index in [9.17, 15) is 4.79 Å². The molecule has 2 N–H and O–H groups in total. The maximum atomic E-state index is 12.0. The number of rotatable bonds is 4. The highest BCUT2D eigenvalue weighted by molar-refractivity contribution is 6.03. The van der Waals surface area contributed by atoms with Gasteiger partial charge in [0, 0.05) is 12.1 Å². The highest BCUT2D eigenvalue weighted by Gasteiger charge is 2.09. The van der Waals surface area contributed by atoms with Gasteiger partial charge in [0.15, 0.2) is 0 Å². The smallest absolute Gasteiger partial charge is 0.265 e. The van der Waals surface area contributed by atoms with E-state index in [0.29, 0.717) is 11.4 Å². The van der Waals surface area contributed by atoms with Crippen molar-refractivity contribution in [2.75, 3.05) is 12.1 Å². The first-order valence-electron chi connectivity index (χ1n) is 6.16. The first-order valence-corrected chi connectivity index (χ1v) is 6.16. The Hall–Kier alpha value is -2.59. The van der Waals surface area contributed by atoms with Crippen LogP contribution in [0.3, 0.4) is 0 Å². The molecule has 0 atom stereocenters. The van der Waals surface area contributed by atoms with Crippen LogP contribution in [0.5, 0.6) is 5.75 Å². The van der Waals surface area contributed by atoms with E-state index in [2.05, 4.69) is 0 Å². The van der Waals surface area contributed by atoms with Gasteiger partial charge < -0.3 is 4.74 Å². The summed E-state index contributed by atoms with van der Waals surface area (Å²) in [7, 11) is 1.57. The lowest BCUT2D eigenvalue weighted by Gasteiger charge is -2.15. The van der Waals surface area contributed by atoms with Crippen LogP contribution in [-0.4, -0.2) is 13.0 Å². The van der Waals surface area contributed by atoms with Gasteiger partial charge in [0.05, 0.1) is 12.8 Å². The maximum absolute atomic E-state index is 12.0. The topological polar surface area (TPSA) is 55.6 Å². The number of anilines is 1. The molecule has 20 heavy (non-hydrogen) atoms. The van der Waals surface area contributed by atoms with E-state index in [1.165, 1.54) is 6.08 Å². The number of hydrazine groups is 1. The Labute approximate surface area is 118 Å². The molecule has 2 rings (SSSR count). The number of hydrogen-bond acceptors (Lipinski definition) is 3. The zero-order valence-electron chi connectivity index (χ0n) is 11.2. The fraction of sp³-hybridized carbons (Fsp3) is 0.0625. The summed E-state index contributed by atoms with van der Waals surface area (Å²) in [6.07, 6.45) is 3.16. The van der Waals surface area contributed by atoms with Crippen molar-refractivity contribution < 1.29 is 9.53 Å². The van der Waals surface area contributed by atoms with E-state index < -0.39 is 0 Å². The molecule has 0 saturated carbocycles. The Morgan fingerprint density at radius 2 is 1.90 bits per heavy atom. The number of nitrogens with zero attached hydrogens (tertiary/aromatic N) is 1. The van der Waals surface area contributed by atoms with Crippen molar-refractivity contribution in [2.45, 2.75) is 0 Å². The molecule has 1 amide bonds. The van der Waals surface area contributed by atoms with Gasteiger partial charge in [-0.3, -0.25) is 4.79 Å². The number of carbonyl (C=O) groups is 1. The zero-order chi connectivity index (χ0) is 14.4. The largest absolute Gasteiger partial charge is 0.497 e. The molecule has 2 aromatic rings. The summed E-state index contributed by atoms with van der Waals surface area (Å²) in [5.74, 6) is 6.15. The summed E-state index contributed by atoms with van der Waals surface area (Å²) in [6.45, 7) is 0. The van der Waals surface area contributed by atoms with Crippen LogP contribution in [0.25, 0.3) is 6.08 Å². The van der Waals surface area contributed by atoms with Crippen LogP contribution in [0, 0.1) is 0 Å². The standard InChI is InChI=1S/C16H16N2O2/c1-20-15-9-5-8-14(12-15)18(17)16(19)11-10-13-6-3-2-4-7-13/h2-12H,17H2,1H3. The first kappa shape index (κ1) is 13.8. The van der Waals surface area contributed by atoms with E-state index in [-0.39, 0.29) is 5.91 Å². The van der Waals surface area contributed by atoms with E-state index in [0.717, 1.165) is 10.6 Å². The number of amides is 1. The number of methoxy groups -OCH3 is 1. The molecule has 0 spiro atoms. The SMILES string of the molecule is COc1cccc(N(N)C(=O)C=Cc2ccccc2)c1. The summed E-state index contributed by atoms with van der Waals surface area (Å²) >= 11 is 0. The highest BCUT2D eigenvalue weighted by atomic mass is 16.5. The van der Waals surface area contributed by atoms with E-state index in [1.807, 2.05) is 30.3 Å². The number of carbonyl (C=O) groups excluding carboxylic acids is 1. The maximum Gasteiger partial charge on any atom is 0.265 e. The third-order valence-corrected chi connectivity index (χ3v) is 2.79. The molecule has 0 fully saturated rings. The molecule has 0 aliphatic rings. The average Bonchev–Trinajstić information content (AvgIpc) is 2.53. The van der Waals surface area contributed by atoms with Gasteiger partial charge in [-0.1, -0.05) is 36.4 Å². The lowest BCUT2D eigenvalue weighted by molar-refractivity contribution is -0.114. The Balaban J connectivity index is 2.10. The second kappa shape index (κ2) is 6.54. The van der Waals surface area contributed by atoms with Crippen LogP contribution in [0.1, 0.15) is 5.56 Å². The molecule has 4 nitrogen and oxygen atoms in total. The molecule has 2 aromatic carbocycles. The minimum absolute atomic E-state index is 0.304. The monoisotopic (exact) mass is 268 g/mol. The number of benzene rings is 2. The van der Waals surface area contributed by atoms with Crippen molar-refractivity contribution in [3.63, 3.8) is 0 Å². The number of hydrogen-bond donors (Lipinski definition) is 1. The summed E-state index contributed by atoms with van der Waals surface area (Å²) in [6, 6.07) is 16.6. The van der Waals surface area contributed by atoms with Crippen molar-refractivity contribution in [2.24, 2.45) is 5.84 Å². The molecule has 0 aromatic heterocycles. The van der Waals surface area contributed by atoms with Gasteiger partial charge in [0.25, 0.3) is 5.91 Å². The second-order valence-electron chi connectivity index (χ2n) is 4.15. The minimum atomic E-state index is -0.304. The number of ether oxygens (including phenoxy) is 1. The summed E-state index contributed by atoms with van der Waals surface area (Å²) in [5.41, 5.74) is 1.52. The molecule has 4 heteroatoms. The Morgan fingerprint density at radius 3 is 2.60 bits per heavy atom. The van der Waals surface area contributed by atoms with E-state index in [4.69, 9.17) is 10.6 Å². The van der Waals surface area contributed by atoms with Crippen LogP contribution in [0.15, 0.2) is 60.7 Å². The molecular formula is C16H16N2O2. The Bertz CT molecular complexity index is 609. The second-order valence-corrected chi connectivity index (χ2v) is 4.15. The first-order chi connectivity index (χ1) is 9.70. The molecule has 0 aliphatic heterocycles. The van der Waals surface area contributed by atoms with Crippen molar-refractivity contribution >= 4 is 17.7 Å². The molecule has 0 saturated heterocycles. The molecule has 0 aliphatic carbocycles. The van der Waals surface area contributed by atoms with Gasteiger partial charge in [-0.05, 0) is 23.8 Å². The Morgan fingerprint density at radius 1 is 1.15 bits per heavy atom. The molecule has 0 heterocycles. The van der Waals surface area contributed by atoms with Gasteiger partial charge in [0.1, 0.15) is 5.75 Å². The van der Waals surface area contributed by atoms with Crippen LogP contribution in [-0.2, 0) is 4.79 Å². The van der Waals surface area contributed by atoms with Gasteiger partial charge in [-0.2, -0.15) is 0 Å². The molecule has 102 valence electrons. The predicted octanol–water partition coefficient (Wildman–Crippen LogP) is 2.62. The molecule has 0 bridgehead atoms. The molecular weight excluding hydrogens is 252 g/mol. The summed E-state index contributed by atoms with van der Waals surface area (Å²) < 4.78 is 5.10. The normalized spacial score (nSPS) is 10.5. The summed E-state index contributed by atoms with van der Waals surface area (Å²) in [5, 5.41) is 1.09.